The maximum Gasteiger partial charge on any atom is 0.276 e. The molecule has 2 aromatic rings. The van der Waals surface area contributed by atoms with Crippen LogP contribution in [0.4, 0.5) is 0 Å². The maximum atomic E-state index is 12.9. The SMILES string of the molecule is O=C(N[C@@H]1CCCC[C@@H]1NC(=O)c1cc2cc(Cl)ccc2[nH]1)C1=NC2CNCC2S1. The summed E-state index contributed by atoms with van der Waals surface area (Å²) in [6.45, 7) is 1.74. The summed E-state index contributed by atoms with van der Waals surface area (Å²) in [5, 5.41) is 12.0. The third-order valence-electron chi connectivity index (χ3n) is 6.09. The number of hydrogen-bond acceptors (Lipinski definition) is 5. The highest BCUT2D eigenvalue weighted by Crippen LogP contribution is 2.30. The van der Waals surface area contributed by atoms with Crippen LogP contribution in [0.1, 0.15) is 36.2 Å². The number of thioether (sulfide) groups is 1. The molecular weight excluding hydrogens is 422 g/mol. The Labute approximate surface area is 183 Å². The molecule has 0 bridgehead atoms. The minimum Gasteiger partial charge on any atom is -0.351 e. The fourth-order valence-electron chi connectivity index (χ4n) is 4.50. The molecule has 158 valence electrons. The zero-order valence-electron chi connectivity index (χ0n) is 16.4. The van der Waals surface area contributed by atoms with Crippen LogP contribution in [0.5, 0.6) is 0 Å². The van der Waals surface area contributed by atoms with Crippen LogP contribution in [-0.2, 0) is 4.79 Å². The molecule has 2 aliphatic heterocycles. The molecular formula is C21H24ClN5O2S. The number of aromatic nitrogens is 1. The van der Waals surface area contributed by atoms with E-state index >= 15 is 0 Å². The Morgan fingerprint density at radius 1 is 1.07 bits per heavy atom. The smallest absolute Gasteiger partial charge is 0.276 e. The number of carbonyl (C=O) groups is 2. The predicted molar refractivity (Wildman–Crippen MR) is 120 cm³/mol. The van der Waals surface area contributed by atoms with Crippen molar-refractivity contribution in [3.63, 3.8) is 0 Å². The fourth-order valence-corrected chi connectivity index (χ4v) is 5.85. The monoisotopic (exact) mass is 445 g/mol. The van der Waals surface area contributed by atoms with E-state index in [0.29, 0.717) is 21.0 Å². The third-order valence-corrected chi connectivity index (χ3v) is 7.63. The van der Waals surface area contributed by atoms with Crippen LogP contribution in [-0.4, -0.2) is 58.3 Å². The lowest BCUT2D eigenvalue weighted by molar-refractivity contribution is -0.115. The first-order valence-corrected chi connectivity index (χ1v) is 11.7. The van der Waals surface area contributed by atoms with Crippen LogP contribution in [0.2, 0.25) is 5.02 Å². The number of halogens is 1. The van der Waals surface area contributed by atoms with E-state index < -0.39 is 0 Å². The predicted octanol–water partition coefficient (Wildman–Crippen LogP) is 2.46. The van der Waals surface area contributed by atoms with Gasteiger partial charge in [0.25, 0.3) is 11.8 Å². The summed E-state index contributed by atoms with van der Waals surface area (Å²) in [6.07, 6.45) is 3.77. The molecule has 4 N–H and O–H groups in total. The molecule has 1 saturated carbocycles. The molecule has 1 saturated heterocycles. The van der Waals surface area contributed by atoms with E-state index in [9.17, 15) is 9.59 Å². The number of amides is 2. The second-order valence-electron chi connectivity index (χ2n) is 8.18. The number of carbonyl (C=O) groups excluding carboxylic acids is 2. The zero-order valence-corrected chi connectivity index (χ0v) is 18.0. The first-order chi connectivity index (χ1) is 14.6. The van der Waals surface area contributed by atoms with Gasteiger partial charge in [0, 0.05) is 46.3 Å². The highest BCUT2D eigenvalue weighted by molar-refractivity contribution is 8.16. The molecule has 1 aromatic carbocycles. The van der Waals surface area contributed by atoms with Crippen LogP contribution >= 0.6 is 23.4 Å². The number of nitrogens with zero attached hydrogens (tertiary/aromatic N) is 1. The number of aliphatic imine (C=N–C) groups is 1. The normalized spacial score (nSPS) is 28.2. The molecule has 30 heavy (non-hydrogen) atoms. The van der Waals surface area contributed by atoms with Gasteiger partial charge in [0.2, 0.25) is 0 Å². The topological polar surface area (TPSA) is 98.4 Å². The summed E-state index contributed by atoms with van der Waals surface area (Å²) in [5.74, 6) is -0.275. The molecule has 3 aliphatic rings. The second-order valence-corrected chi connectivity index (χ2v) is 9.84. The van der Waals surface area contributed by atoms with Gasteiger partial charge in [-0.15, -0.1) is 0 Å². The summed E-state index contributed by atoms with van der Waals surface area (Å²) in [4.78, 5) is 33.4. The lowest BCUT2D eigenvalue weighted by atomic mass is 9.90. The van der Waals surface area contributed by atoms with Gasteiger partial charge in [0.05, 0.1) is 6.04 Å². The van der Waals surface area contributed by atoms with Crippen molar-refractivity contribution in [2.45, 2.75) is 49.1 Å². The quantitative estimate of drug-likeness (QED) is 0.581. The van der Waals surface area contributed by atoms with Crippen molar-refractivity contribution in [3.05, 3.63) is 35.0 Å². The molecule has 2 unspecified atom stereocenters. The number of aromatic amines is 1. The molecule has 3 heterocycles. The van der Waals surface area contributed by atoms with Crippen molar-refractivity contribution >= 4 is 51.1 Å². The van der Waals surface area contributed by atoms with Crippen LogP contribution in [0.25, 0.3) is 10.9 Å². The number of nitrogens with one attached hydrogen (secondary N) is 4. The van der Waals surface area contributed by atoms with Crippen molar-refractivity contribution in [1.82, 2.24) is 20.9 Å². The highest BCUT2D eigenvalue weighted by Gasteiger charge is 2.38. The van der Waals surface area contributed by atoms with Crippen molar-refractivity contribution in [2.75, 3.05) is 13.1 Å². The Kier molecular flexibility index (Phi) is 5.47. The average Bonchev–Trinajstić information content (AvgIpc) is 3.43. The van der Waals surface area contributed by atoms with Gasteiger partial charge >= 0.3 is 0 Å². The number of H-pyrrole nitrogens is 1. The van der Waals surface area contributed by atoms with Gasteiger partial charge in [-0.1, -0.05) is 36.2 Å². The Bertz CT molecular complexity index is 1020. The van der Waals surface area contributed by atoms with Crippen molar-refractivity contribution in [1.29, 1.82) is 0 Å². The number of rotatable bonds is 4. The van der Waals surface area contributed by atoms with Gasteiger partial charge in [-0.3, -0.25) is 14.6 Å². The molecule has 2 fully saturated rings. The minimum absolute atomic E-state index is 0.0871. The van der Waals surface area contributed by atoms with Crippen LogP contribution in [0.3, 0.4) is 0 Å². The van der Waals surface area contributed by atoms with E-state index in [0.717, 1.165) is 49.7 Å². The fraction of sp³-hybridized carbons (Fsp3) is 0.476. The lowest BCUT2D eigenvalue weighted by Gasteiger charge is -2.32. The Hall–Kier alpha value is -2.03. The summed E-state index contributed by atoms with van der Waals surface area (Å²) in [6, 6.07) is 7.32. The number of hydrogen-bond donors (Lipinski definition) is 4. The molecule has 7 nitrogen and oxygen atoms in total. The molecule has 1 aliphatic carbocycles. The van der Waals surface area contributed by atoms with Gasteiger partial charge in [0.1, 0.15) is 5.69 Å². The largest absolute Gasteiger partial charge is 0.351 e. The Balaban J connectivity index is 1.25. The third kappa shape index (κ3) is 3.96. The standard InChI is InChI=1S/C21H24ClN5O2S/c22-12-5-6-13-11(7-12)8-16(24-13)19(28)25-14-3-1-2-4-15(14)26-20(29)21-27-17-9-23-10-18(17)30-21/h5-8,14-15,17-18,23-24H,1-4,9-10H2,(H,25,28)(H,26,29)/t14-,15+,17?,18?/m0/s1. The Morgan fingerprint density at radius 3 is 2.60 bits per heavy atom. The summed E-state index contributed by atoms with van der Waals surface area (Å²) in [7, 11) is 0. The summed E-state index contributed by atoms with van der Waals surface area (Å²) in [5.41, 5.74) is 1.37. The van der Waals surface area contributed by atoms with E-state index in [1.807, 2.05) is 18.2 Å². The molecule has 2 amide bonds. The van der Waals surface area contributed by atoms with E-state index in [-0.39, 0.29) is 29.9 Å². The zero-order chi connectivity index (χ0) is 20.7. The summed E-state index contributed by atoms with van der Waals surface area (Å²) < 4.78 is 0. The maximum absolute atomic E-state index is 12.9. The van der Waals surface area contributed by atoms with E-state index in [1.165, 1.54) is 0 Å². The van der Waals surface area contributed by atoms with Crippen LogP contribution in [0, 0.1) is 0 Å². The van der Waals surface area contributed by atoms with Crippen molar-refractivity contribution in [2.24, 2.45) is 4.99 Å². The molecule has 0 spiro atoms. The van der Waals surface area contributed by atoms with E-state index in [4.69, 9.17) is 11.6 Å². The second kappa shape index (κ2) is 8.24. The Morgan fingerprint density at radius 2 is 1.83 bits per heavy atom. The number of fused-ring (bicyclic) bond motifs is 2. The van der Waals surface area contributed by atoms with Gasteiger partial charge in [-0.25, -0.2) is 0 Å². The molecule has 1 aromatic heterocycles. The highest BCUT2D eigenvalue weighted by atomic mass is 35.5. The average molecular weight is 446 g/mol. The van der Waals surface area contributed by atoms with Gasteiger partial charge in [0.15, 0.2) is 5.04 Å². The van der Waals surface area contributed by atoms with Crippen LogP contribution < -0.4 is 16.0 Å². The summed E-state index contributed by atoms with van der Waals surface area (Å²) >= 11 is 7.61. The number of benzene rings is 1. The first-order valence-electron chi connectivity index (χ1n) is 10.4. The van der Waals surface area contributed by atoms with Gasteiger partial charge in [-0.05, 0) is 37.1 Å². The van der Waals surface area contributed by atoms with E-state index in [2.05, 4.69) is 25.9 Å². The first kappa shape index (κ1) is 19.9. The van der Waals surface area contributed by atoms with Crippen molar-refractivity contribution < 1.29 is 9.59 Å². The van der Waals surface area contributed by atoms with Gasteiger partial charge in [-0.2, -0.15) is 0 Å². The molecule has 5 rings (SSSR count). The molecule has 4 atom stereocenters. The minimum atomic E-state index is -0.165. The van der Waals surface area contributed by atoms with E-state index in [1.54, 1.807) is 17.8 Å². The lowest BCUT2D eigenvalue weighted by Crippen LogP contribution is -2.54. The van der Waals surface area contributed by atoms with Crippen LogP contribution in [0.15, 0.2) is 29.3 Å². The molecule has 0 radical (unpaired) electrons. The van der Waals surface area contributed by atoms with Crippen molar-refractivity contribution in [3.8, 4) is 0 Å². The van der Waals surface area contributed by atoms with Gasteiger partial charge < -0.3 is 20.9 Å². The molecule has 9 heteroatoms.